The molecule has 0 bridgehead atoms. The molecule has 0 fully saturated rings. The lowest BCUT2D eigenvalue weighted by molar-refractivity contribution is 0.251. The third-order valence-corrected chi connectivity index (χ3v) is 8.44. The number of fused-ring (bicyclic) bond motifs is 1. The first-order valence-electron chi connectivity index (χ1n) is 4.63. The van der Waals surface area contributed by atoms with Crippen LogP contribution in [0.25, 0.3) is 0 Å². The van der Waals surface area contributed by atoms with Crippen molar-refractivity contribution in [3.63, 3.8) is 0 Å². The molecule has 0 radical (unpaired) electrons. The van der Waals surface area contributed by atoms with E-state index < -0.39 is 31.2 Å². The van der Waals surface area contributed by atoms with Gasteiger partial charge in [0.1, 0.15) is 13.2 Å². The molecular weight excluding hydrogens is 286 g/mol. The van der Waals surface area contributed by atoms with E-state index in [9.17, 15) is 16.8 Å². The molecule has 2 heterocycles. The van der Waals surface area contributed by atoms with E-state index in [0.29, 0.717) is 16.9 Å². The third kappa shape index (κ3) is 1.73. The summed E-state index contributed by atoms with van der Waals surface area (Å²) in [6.07, 6.45) is 0.104. The second kappa shape index (κ2) is 3.51. The van der Waals surface area contributed by atoms with Gasteiger partial charge in [-0.25, -0.2) is 22.0 Å². The molecule has 96 valence electrons. The topological polar surface area (TPSA) is 115 Å². The fourth-order valence-electron chi connectivity index (χ4n) is 1.74. The van der Waals surface area contributed by atoms with Gasteiger partial charge in [-0.15, -0.1) is 11.3 Å². The zero-order valence-electron chi connectivity index (χ0n) is 8.87. The summed E-state index contributed by atoms with van der Waals surface area (Å²) in [7, 11) is -7.57. The minimum Gasteiger partial charge on any atom is -0.395 e. The maximum absolute atomic E-state index is 12.1. The normalized spacial score (nSPS) is 27.0. The highest BCUT2D eigenvalue weighted by Gasteiger charge is 2.49. The van der Waals surface area contributed by atoms with Gasteiger partial charge in [-0.2, -0.15) is 0 Å². The molecule has 0 saturated heterocycles. The minimum atomic E-state index is -3.88. The fourth-order valence-corrected chi connectivity index (χ4v) is 6.32. The first kappa shape index (κ1) is 13.0. The second-order valence-corrected chi connectivity index (χ2v) is 9.71. The Morgan fingerprint density at radius 3 is 2.59 bits per heavy atom. The smallest absolute Gasteiger partial charge is 0.247 e. The van der Waals surface area contributed by atoms with E-state index in [0.717, 1.165) is 0 Å². The average Bonchev–Trinajstić information content (AvgIpc) is 2.66. The van der Waals surface area contributed by atoms with Crippen LogP contribution in [0.3, 0.4) is 0 Å². The largest absolute Gasteiger partial charge is 0.395 e. The quantitative estimate of drug-likeness (QED) is 0.762. The van der Waals surface area contributed by atoms with Crippen molar-refractivity contribution in [1.82, 2.24) is 0 Å². The zero-order chi connectivity index (χ0) is 13.1. The molecule has 0 amide bonds. The van der Waals surface area contributed by atoms with Gasteiger partial charge in [0.25, 0.3) is 0 Å². The second-order valence-electron chi connectivity index (χ2n) is 4.21. The number of aliphatic hydroxyl groups excluding tert-OH is 1. The van der Waals surface area contributed by atoms with Crippen molar-refractivity contribution >= 4 is 31.2 Å². The summed E-state index contributed by atoms with van der Waals surface area (Å²) in [5, 5.41) is 14.1. The first-order valence-corrected chi connectivity index (χ1v) is 8.47. The summed E-state index contributed by atoms with van der Waals surface area (Å²) in [6, 6.07) is 1.27. The van der Waals surface area contributed by atoms with Gasteiger partial charge < -0.3 is 5.11 Å². The third-order valence-electron chi connectivity index (χ3n) is 2.82. The van der Waals surface area contributed by atoms with Crippen LogP contribution in [0.4, 0.5) is 0 Å². The summed E-state index contributed by atoms with van der Waals surface area (Å²) in [4.78, 5) is 0. The number of thiophene rings is 1. The van der Waals surface area contributed by atoms with Gasteiger partial charge in [-0.05, 0) is 25.0 Å². The molecule has 17 heavy (non-hydrogen) atoms. The molecule has 2 rings (SSSR count). The minimum absolute atomic E-state index is 0.00178. The Bertz CT molecular complexity index is 672. The zero-order valence-corrected chi connectivity index (χ0v) is 11.3. The van der Waals surface area contributed by atoms with Crippen molar-refractivity contribution in [3.8, 4) is 0 Å². The van der Waals surface area contributed by atoms with E-state index >= 15 is 0 Å². The first-order chi connectivity index (χ1) is 7.62. The van der Waals surface area contributed by atoms with Crippen LogP contribution in [-0.2, 0) is 26.3 Å². The highest BCUT2D eigenvalue weighted by molar-refractivity contribution is 7.96. The van der Waals surface area contributed by atoms with Gasteiger partial charge in [0.2, 0.25) is 10.0 Å². The summed E-state index contributed by atoms with van der Waals surface area (Å²) >= 11 is 0.642. The lowest BCUT2D eigenvalue weighted by atomic mass is 10.0. The van der Waals surface area contributed by atoms with Gasteiger partial charge in [0, 0.05) is 0 Å². The number of hydrogen-bond acceptors (Lipinski definition) is 6. The molecule has 1 aromatic heterocycles. The van der Waals surface area contributed by atoms with E-state index in [1.54, 1.807) is 0 Å². The Morgan fingerprint density at radius 2 is 2.18 bits per heavy atom. The SMILES string of the molecule is CC1(CO)Cc2cc(S(N)(=O)=O)sc2S1(=O)=O. The van der Waals surface area contributed by atoms with E-state index in [-0.39, 0.29) is 14.8 Å². The number of nitrogens with two attached hydrogens (primary N) is 1. The van der Waals surface area contributed by atoms with Crippen molar-refractivity contribution in [2.75, 3.05) is 6.61 Å². The van der Waals surface area contributed by atoms with Crippen LogP contribution in [0.2, 0.25) is 0 Å². The number of sulfone groups is 1. The maximum atomic E-state index is 12.1. The van der Waals surface area contributed by atoms with Gasteiger partial charge in [-0.3, -0.25) is 0 Å². The summed E-state index contributed by atoms with van der Waals surface area (Å²) in [6.45, 7) is 0.938. The van der Waals surface area contributed by atoms with Gasteiger partial charge in [0.15, 0.2) is 9.84 Å². The summed E-state index contributed by atoms with van der Waals surface area (Å²) < 4.78 is 45.0. The standard InChI is InChI=1S/C8H11NO5S3/c1-8(4-10)3-5-2-6(17(9,13)14)15-7(5)16(8,11)12/h2,10H,3-4H2,1H3,(H2,9,13,14). The van der Waals surface area contributed by atoms with Crippen LogP contribution in [0.1, 0.15) is 12.5 Å². The lowest BCUT2D eigenvalue weighted by Crippen LogP contribution is -2.36. The van der Waals surface area contributed by atoms with Crippen molar-refractivity contribution < 1.29 is 21.9 Å². The summed E-state index contributed by atoms with van der Waals surface area (Å²) in [5.74, 6) is 0. The van der Waals surface area contributed by atoms with Crippen molar-refractivity contribution in [2.24, 2.45) is 5.14 Å². The highest BCUT2D eigenvalue weighted by Crippen LogP contribution is 2.44. The predicted octanol–water partition coefficient (Wildman–Crippen LogP) is -0.524. The van der Waals surface area contributed by atoms with Gasteiger partial charge in [-0.1, -0.05) is 0 Å². The Kier molecular flexibility index (Phi) is 2.68. The number of rotatable bonds is 2. The predicted molar refractivity (Wildman–Crippen MR) is 62.1 cm³/mol. The number of sulfonamides is 1. The van der Waals surface area contributed by atoms with Crippen LogP contribution in [0.15, 0.2) is 14.5 Å². The van der Waals surface area contributed by atoms with E-state index in [1.165, 1.54) is 13.0 Å². The van der Waals surface area contributed by atoms with Crippen molar-refractivity contribution in [1.29, 1.82) is 0 Å². The molecule has 9 heteroatoms. The van der Waals surface area contributed by atoms with E-state index in [4.69, 9.17) is 10.2 Å². The van der Waals surface area contributed by atoms with Crippen molar-refractivity contribution in [3.05, 3.63) is 11.6 Å². The maximum Gasteiger partial charge on any atom is 0.247 e. The molecule has 0 aromatic carbocycles. The average molecular weight is 297 g/mol. The molecule has 6 nitrogen and oxygen atoms in total. The molecule has 0 spiro atoms. The number of primary sulfonamides is 1. The fraction of sp³-hybridized carbons (Fsp3) is 0.500. The molecular formula is C8H11NO5S3. The van der Waals surface area contributed by atoms with Crippen LogP contribution >= 0.6 is 11.3 Å². The molecule has 1 aromatic rings. The highest BCUT2D eigenvalue weighted by atomic mass is 32.3. The molecule has 0 saturated carbocycles. The van der Waals surface area contributed by atoms with Crippen molar-refractivity contribution in [2.45, 2.75) is 26.5 Å². The lowest BCUT2D eigenvalue weighted by Gasteiger charge is -2.19. The summed E-state index contributed by atoms with van der Waals surface area (Å²) in [5.41, 5.74) is 0.413. The van der Waals surface area contributed by atoms with E-state index in [2.05, 4.69) is 0 Å². The molecule has 0 aliphatic carbocycles. The van der Waals surface area contributed by atoms with E-state index in [1.807, 2.05) is 0 Å². The van der Waals surface area contributed by atoms with Gasteiger partial charge in [0.05, 0.1) is 6.61 Å². The molecule has 1 aliphatic heterocycles. The van der Waals surface area contributed by atoms with Crippen LogP contribution in [0, 0.1) is 0 Å². The molecule has 3 N–H and O–H groups in total. The Labute approximate surface area is 103 Å². The Morgan fingerprint density at radius 1 is 1.59 bits per heavy atom. The number of hydrogen-bond donors (Lipinski definition) is 2. The monoisotopic (exact) mass is 297 g/mol. The van der Waals surface area contributed by atoms with Crippen LogP contribution in [-0.4, -0.2) is 33.3 Å². The number of aliphatic hydroxyl groups is 1. The molecule has 1 atom stereocenters. The van der Waals surface area contributed by atoms with Crippen LogP contribution < -0.4 is 5.14 Å². The van der Waals surface area contributed by atoms with Gasteiger partial charge >= 0.3 is 0 Å². The molecule has 1 aliphatic rings. The Hall–Kier alpha value is -0.480. The Balaban J connectivity index is 2.65. The van der Waals surface area contributed by atoms with Crippen LogP contribution in [0.5, 0.6) is 0 Å². The molecule has 1 unspecified atom stereocenters.